The van der Waals surface area contributed by atoms with Crippen molar-refractivity contribution in [3.05, 3.63) is 78.4 Å². The Morgan fingerprint density at radius 2 is 1.62 bits per heavy atom. The summed E-state index contributed by atoms with van der Waals surface area (Å²) in [5.41, 5.74) is 9.15. The number of amides is 1. The zero-order chi connectivity index (χ0) is 14.7. The van der Waals surface area contributed by atoms with Crippen LogP contribution in [0.3, 0.4) is 0 Å². The van der Waals surface area contributed by atoms with Gasteiger partial charge < -0.3 is 10.3 Å². The topological polar surface area (TPSA) is 60.9 Å². The fourth-order valence-corrected chi connectivity index (χ4v) is 2.22. The minimum atomic E-state index is -0.405. The van der Waals surface area contributed by atoms with Crippen molar-refractivity contribution in [3.8, 4) is 11.1 Å². The number of hydrogen-bond donors (Lipinski definition) is 1. The summed E-state index contributed by atoms with van der Waals surface area (Å²) < 4.78 is 2.02. The number of nitrogens with two attached hydrogens (primary N) is 1. The molecule has 0 aliphatic rings. The summed E-state index contributed by atoms with van der Waals surface area (Å²) in [7, 11) is 0. The number of benzene rings is 2. The SMILES string of the molecule is NC(=O)c1ccc(-c2ccc(Cn3ccnc3)cc2)cc1. The third-order valence-electron chi connectivity index (χ3n) is 3.38. The minimum absolute atomic E-state index is 0.405. The molecule has 0 saturated carbocycles. The second-order valence-corrected chi connectivity index (χ2v) is 4.87. The Morgan fingerprint density at radius 3 is 2.14 bits per heavy atom. The van der Waals surface area contributed by atoms with Gasteiger partial charge in [0.15, 0.2) is 0 Å². The monoisotopic (exact) mass is 277 g/mol. The lowest BCUT2D eigenvalue weighted by molar-refractivity contribution is 0.100. The van der Waals surface area contributed by atoms with Gasteiger partial charge in [-0.05, 0) is 28.8 Å². The number of nitrogens with zero attached hydrogens (tertiary/aromatic N) is 2. The molecular formula is C17H15N3O. The summed E-state index contributed by atoms with van der Waals surface area (Å²) in [4.78, 5) is 15.1. The lowest BCUT2D eigenvalue weighted by Crippen LogP contribution is -2.10. The van der Waals surface area contributed by atoms with Gasteiger partial charge in [0.1, 0.15) is 0 Å². The number of carbonyl (C=O) groups is 1. The lowest BCUT2D eigenvalue weighted by Gasteiger charge is -2.06. The molecule has 21 heavy (non-hydrogen) atoms. The molecule has 0 aliphatic carbocycles. The van der Waals surface area contributed by atoms with Crippen molar-refractivity contribution in [2.45, 2.75) is 6.54 Å². The van der Waals surface area contributed by atoms with E-state index in [9.17, 15) is 4.79 Å². The van der Waals surface area contributed by atoms with Crippen LogP contribution in [0, 0.1) is 0 Å². The maximum atomic E-state index is 11.1. The van der Waals surface area contributed by atoms with Gasteiger partial charge in [-0.25, -0.2) is 4.98 Å². The molecule has 0 fully saturated rings. The fourth-order valence-electron chi connectivity index (χ4n) is 2.22. The largest absolute Gasteiger partial charge is 0.366 e. The molecule has 2 aromatic carbocycles. The number of carbonyl (C=O) groups excluding carboxylic acids is 1. The summed E-state index contributed by atoms with van der Waals surface area (Å²) in [6.07, 6.45) is 5.52. The zero-order valence-corrected chi connectivity index (χ0v) is 11.4. The van der Waals surface area contributed by atoms with E-state index in [0.29, 0.717) is 5.56 Å². The average molecular weight is 277 g/mol. The van der Waals surface area contributed by atoms with Gasteiger partial charge in [-0.1, -0.05) is 36.4 Å². The van der Waals surface area contributed by atoms with Crippen LogP contribution in [-0.2, 0) is 6.54 Å². The first-order valence-corrected chi connectivity index (χ1v) is 6.67. The molecule has 0 aliphatic heterocycles. The Kier molecular flexibility index (Phi) is 3.51. The van der Waals surface area contributed by atoms with E-state index in [2.05, 4.69) is 29.2 Å². The van der Waals surface area contributed by atoms with Crippen LogP contribution >= 0.6 is 0 Å². The molecule has 4 nitrogen and oxygen atoms in total. The summed E-state index contributed by atoms with van der Waals surface area (Å²) in [5, 5.41) is 0. The van der Waals surface area contributed by atoms with Crippen LogP contribution in [0.5, 0.6) is 0 Å². The molecule has 0 bridgehead atoms. The average Bonchev–Trinajstić information content (AvgIpc) is 3.01. The zero-order valence-electron chi connectivity index (χ0n) is 11.4. The van der Waals surface area contributed by atoms with Gasteiger partial charge in [-0.2, -0.15) is 0 Å². The molecule has 3 aromatic rings. The quantitative estimate of drug-likeness (QED) is 0.797. The van der Waals surface area contributed by atoms with Crippen LogP contribution in [0.15, 0.2) is 67.3 Å². The highest BCUT2D eigenvalue weighted by molar-refractivity contribution is 5.93. The van der Waals surface area contributed by atoms with Gasteiger partial charge in [-0.3, -0.25) is 4.79 Å². The second-order valence-electron chi connectivity index (χ2n) is 4.87. The molecule has 104 valence electrons. The predicted molar refractivity (Wildman–Crippen MR) is 81.7 cm³/mol. The van der Waals surface area contributed by atoms with E-state index >= 15 is 0 Å². The van der Waals surface area contributed by atoms with Crippen LogP contribution < -0.4 is 5.73 Å². The van der Waals surface area contributed by atoms with E-state index in [1.165, 1.54) is 5.56 Å². The van der Waals surface area contributed by atoms with Crippen LogP contribution in [0.1, 0.15) is 15.9 Å². The van der Waals surface area contributed by atoms with Crippen LogP contribution in [-0.4, -0.2) is 15.5 Å². The molecule has 0 saturated heterocycles. The highest BCUT2D eigenvalue weighted by atomic mass is 16.1. The molecule has 0 atom stereocenters. The Balaban J connectivity index is 1.78. The maximum absolute atomic E-state index is 11.1. The molecule has 1 aromatic heterocycles. The van der Waals surface area contributed by atoms with Crippen molar-refractivity contribution in [1.82, 2.24) is 9.55 Å². The molecule has 0 spiro atoms. The normalized spacial score (nSPS) is 10.5. The highest BCUT2D eigenvalue weighted by Crippen LogP contribution is 2.20. The Labute approximate surface area is 122 Å². The van der Waals surface area contributed by atoms with E-state index in [1.807, 2.05) is 22.9 Å². The first-order chi connectivity index (χ1) is 10.2. The number of rotatable bonds is 4. The molecule has 3 rings (SSSR count). The van der Waals surface area contributed by atoms with Crippen molar-refractivity contribution in [2.75, 3.05) is 0 Å². The predicted octanol–water partition coefficient (Wildman–Crippen LogP) is 2.70. The molecule has 4 heteroatoms. The van der Waals surface area contributed by atoms with Gasteiger partial charge in [0.2, 0.25) is 5.91 Å². The first kappa shape index (κ1) is 13.1. The molecule has 2 N–H and O–H groups in total. The first-order valence-electron chi connectivity index (χ1n) is 6.67. The van der Waals surface area contributed by atoms with Gasteiger partial charge >= 0.3 is 0 Å². The number of primary amides is 1. The third-order valence-corrected chi connectivity index (χ3v) is 3.38. The van der Waals surface area contributed by atoms with Crippen LogP contribution in [0.25, 0.3) is 11.1 Å². The Bertz CT molecular complexity index is 729. The van der Waals surface area contributed by atoms with Crippen molar-refractivity contribution >= 4 is 5.91 Å². The van der Waals surface area contributed by atoms with E-state index in [1.54, 1.807) is 24.7 Å². The molecule has 0 unspecified atom stereocenters. The van der Waals surface area contributed by atoms with Crippen molar-refractivity contribution in [1.29, 1.82) is 0 Å². The van der Waals surface area contributed by atoms with Gasteiger partial charge in [0.25, 0.3) is 0 Å². The van der Waals surface area contributed by atoms with Crippen LogP contribution in [0.4, 0.5) is 0 Å². The van der Waals surface area contributed by atoms with Gasteiger partial charge in [-0.15, -0.1) is 0 Å². The molecular weight excluding hydrogens is 262 g/mol. The van der Waals surface area contributed by atoms with E-state index in [4.69, 9.17) is 5.73 Å². The van der Waals surface area contributed by atoms with Gasteiger partial charge in [0.05, 0.1) is 6.33 Å². The number of hydrogen-bond acceptors (Lipinski definition) is 2. The summed E-state index contributed by atoms with van der Waals surface area (Å²) in [5.74, 6) is -0.405. The van der Waals surface area contributed by atoms with E-state index in [-0.39, 0.29) is 0 Å². The van der Waals surface area contributed by atoms with Crippen molar-refractivity contribution in [2.24, 2.45) is 5.73 Å². The molecule has 1 amide bonds. The van der Waals surface area contributed by atoms with E-state index in [0.717, 1.165) is 17.7 Å². The summed E-state index contributed by atoms with van der Waals surface area (Å²) >= 11 is 0. The van der Waals surface area contributed by atoms with Crippen molar-refractivity contribution < 1.29 is 4.79 Å². The molecule has 0 radical (unpaired) electrons. The van der Waals surface area contributed by atoms with Crippen LogP contribution in [0.2, 0.25) is 0 Å². The lowest BCUT2D eigenvalue weighted by atomic mass is 10.0. The second kappa shape index (κ2) is 5.63. The van der Waals surface area contributed by atoms with Crippen molar-refractivity contribution in [3.63, 3.8) is 0 Å². The Hall–Kier alpha value is -2.88. The number of imidazole rings is 1. The maximum Gasteiger partial charge on any atom is 0.248 e. The molecule has 1 heterocycles. The highest BCUT2D eigenvalue weighted by Gasteiger charge is 2.02. The summed E-state index contributed by atoms with van der Waals surface area (Å²) in [6, 6.07) is 15.6. The van der Waals surface area contributed by atoms with Gasteiger partial charge in [0, 0.05) is 24.5 Å². The standard InChI is InChI=1S/C17H15N3O/c18-17(21)16-7-5-15(6-8-16)14-3-1-13(2-4-14)11-20-10-9-19-12-20/h1-10,12H,11H2,(H2,18,21). The summed E-state index contributed by atoms with van der Waals surface area (Å²) in [6.45, 7) is 0.806. The Morgan fingerprint density at radius 1 is 1.00 bits per heavy atom. The smallest absolute Gasteiger partial charge is 0.248 e. The van der Waals surface area contributed by atoms with E-state index < -0.39 is 5.91 Å². The minimum Gasteiger partial charge on any atom is -0.366 e. The number of aromatic nitrogens is 2. The fraction of sp³-hybridized carbons (Fsp3) is 0.0588. The third kappa shape index (κ3) is 3.00.